The zero-order valence-corrected chi connectivity index (χ0v) is 14.6. The summed E-state index contributed by atoms with van der Waals surface area (Å²) in [6, 6.07) is 14.7. The van der Waals surface area contributed by atoms with Gasteiger partial charge in [-0.25, -0.2) is 4.39 Å². The van der Waals surface area contributed by atoms with Gasteiger partial charge in [0.1, 0.15) is 23.9 Å². The molecule has 0 saturated carbocycles. The minimum Gasteiger partial charge on any atom is -0.486 e. The number of carbonyl (C=O) groups excluding carboxylic acids is 1. The molecular formula is C19H14F3NO3S. The van der Waals surface area contributed by atoms with Crippen molar-refractivity contribution in [3.05, 3.63) is 78.0 Å². The Morgan fingerprint density at radius 2 is 1.74 bits per heavy atom. The second kappa shape index (κ2) is 8.68. The van der Waals surface area contributed by atoms with Crippen LogP contribution in [0.5, 0.6) is 5.75 Å². The number of halogens is 3. The lowest BCUT2D eigenvalue weighted by Gasteiger charge is -2.05. The third kappa shape index (κ3) is 5.55. The number of rotatable bonds is 7. The van der Waals surface area contributed by atoms with Crippen LogP contribution in [0, 0.1) is 5.82 Å². The van der Waals surface area contributed by atoms with Crippen molar-refractivity contribution >= 4 is 23.4 Å². The Hall–Kier alpha value is -2.87. The lowest BCUT2D eigenvalue weighted by Crippen LogP contribution is -2.10. The first-order valence-electron chi connectivity index (χ1n) is 7.83. The summed E-state index contributed by atoms with van der Waals surface area (Å²) in [6.45, 7) is 0.0818. The Morgan fingerprint density at radius 1 is 1.04 bits per heavy atom. The van der Waals surface area contributed by atoms with E-state index in [9.17, 15) is 18.0 Å². The van der Waals surface area contributed by atoms with Gasteiger partial charge in [0.2, 0.25) is 0 Å². The number of hydrogen-bond donors (Lipinski definition) is 1. The molecule has 3 rings (SSSR count). The quantitative estimate of drug-likeness (QED) is 0.534. The highest BCUT2D eigenvalue weighted by Crippen LogP contribution is 2.26. The van der Waals surface area contributed by atoms with E-state index in [4.69, 9.17) is 9.15 Å². The number of hydrogen-bond acceptors (Lipinski definition) is 4. The van der Waals surface area contributed by atoms with E-state index < -0.39 is 11.7 Å². The zero-order valence-electron chi connectivity index (χ0n) is 13.8. The largest absolute Gasteiger partial charge is 0.486 e. The first-order chi connectivity index (χ1) is 13.0. The van der Waals surface area contributed by atoms with Gasteiger partial charge in [0.05, 0.1) is 0 Å². The number of anilines is 1. The lowest BCUT2D eigenvalue weighted by atomic mass is 10.3. The zero-order chi connectivity index (χ0) is 19.2. The van der Waals surface area contributed by atoms with Gasteiger partial charge in [-0.3, -0.25) is 4.79 Å². The van der Waals surface area contributed by atoms with Gasteiger partial charge in [-0.2, -0.15) is 8.78 Å². The van der Waals surface area contributed by atoms with Crippen LogP contribution < -0.4 is 10.1 Å². The van der Waals surface area contributed by atoms with Gasteiger partial charge in [-0.15, -0.1) is 0 Å². The molecule has 0 aliphatic heterocycles. The molecule has 0 saturated heterocycles. The number of thioether (sulfide) groups is 1. The second-order valence-corrected chi connectivity index (χ2v) is 6.43. The minimum absolute atomic E-state index is 0.0818. The van der Waals surface area contributed by atoms with Crippen molar-refractivity contribution in [1.82, 2.24) is 0 Å². The molecule has 0 aliphatic carbocycles. The highest BCUT2D eigenvalue weighted by molar-refractivity contribution is 7.99. The molecule has 0 atom stereocenters. The van der Waals surface area contributed by atoms with Crippen molar-refractivity contribution in [3.63, 3.8) is 0 Å². The smallest absolute Gasteiger partial charge is 0.291 e. The lowest BCUT2D eigenvalue weighted by molar-refractivity contribution is 0.0992. The molecule has 0 spiro atoms. The van der Waals surface area contributed by atoms with Crippen molar-refractivity contribution in [1.29, 1.82) is 0 Å². The van der Waals surface area contributed by atoms with Crippen LogP contribution >= 0.6 is 11.8 Å². The highest BCUT2D eigenvalue weighted by atomic mass is 32.2. The van der Waals surface area contributed by atoms with E-state index >= 15 is 0 Å². The van der Waals surface area contributed by atoms with Crippen LogP contribution in [0.4, 0.5) is 18.9 Å². The van der Waals surface area contributed by atoms with Crippen LogP contribution in [0.2, 0.25) is 0 Å². The highest BCUT2D eigenvalue weighted by Gasteiger charge is 2.12. The van der Waals surface area contributed by atoms with Gasteiger partial charge in [-0.1, -0.05) is 11.8 Å². The average molecular weight is 393 g/mol. The maximum atomic E-state index is 12.8. The Labute approximate surface area is 157 Å². The Bertz CT molecular complexity index is 895. The van der Waals surface area contributed by atoms with Crippen LogP contribution in [0.25, 0.3) is 0 Å². The summed E-state index contributed by atoms with van der Waals surface area (Å²) < 4.78 is 48.3. The fourth-order valence-corrected chi connectivity index (χ4v) is 2.67. The molecule has 27 heavy (non-hydrogen) atoms. The van der Waals surface area contributed by atoms with Crippen LogP contribution in [-0.2, 0) is 6.61 Å². The van der Waals surface area contributed by atoms with E-state index in [1.807, 2.05) is 0 Å². The van der Waals surface area contributed by atoms with Crippen molar-refractivity contribution in [2.75, 3.05) is 5.32 Å². The topological polar surface area (TPSA) is 51.5 Å². The molecular weight excluding hydrogens is 379 g/mol. The number of ether oxygens (including phenoxy) is 1. The fourth-order valence-electron chi connectivity index (χ4n) is 2.18. The molecule has 1 N–H and O–H groups in total. The Morgan fingerprint density at radius 3 is 2.41 bits per heavy atom. The van der Waals surface area contributed by atoms with Gasteiger partial charge in [0.25, 0.3) is 11.7 Å². The van der Waals surface area contributed by atoms with Crippen molar-refractivity contribution in [3.8, 4) is 5.75 Å². The van der Waals surface area contributed by atoms with E-state index in [2.05, 4.69) is 5.32 Å². The predicted molar refractivity (Wildman–Crippen MR) is 95.7 cm³/mol. The molecule has 4 nitrogen and oxygen atoms in total. The monoisotopic (exact) mass is 393 g/mol. The summed E-state index contributed by atoms with van der Waals surface area (Å²) in [6.07, 6.45) is 0. The SMILES string of the molecule is O=C(Nc1ccc(SC(F)F)cc1)c1ccc(COc2ccc(F)cc2)o1. The molecule has 1 aromatic heterocycles. The summed E-state index contributed by atoms with van der Waals surface area (Å²) in [5.41, 5.74) is 0.458. The van der Waals surface area contributed by atoms with Gasteiger partial charge in [0, 0.05) is 10.6 Å². The summed E-state index contributed by atoms with van der Waals surface area (Å²) in [5.74, 6) is -2.35. The van der Waals surface area contributed by atoms with Gasteiger partial charge in [-0.05, 0) is 60.7 Å². The molecule has 0 unspecified atom stereocenters. The standard InChI is InChI=1S/C19H14F3NO3S/c20-12-1-5-14(6-2-12)25-11-15-7-10-17(26-15)18(24)23-13-3-8-16(9-4-13)27-19(21)22/h1-10,19H,11H2,(H,23,24). The molecule has 8 heteroatoms. The number of benzene rings is 2. The van der Waals surface area contributed by atoms with E-state index in [0.29, 0.717) is 33.9 Å². The molecule has 1 amide bonds. The summed E-state index contributed by atoms with van der Waals surface area (Å²) in [4.78, 5) is 12.6. The number of amides is 1. The number of furan rings is 1. The second-order valence-electron chi connectivity index (χ2n) is 5.37. The molecule has 0 radical (unpaired) electrons. The third-order valence-electron chi connectivity index (χ3n) is 3.42. The van der Waals surface area contributed by atoms with Crippen LogP contribution in [0.15, 0.2) is 70.0 Å². The first kappa shape index (κ1) is 18.9. The number of nitrogens with one attached hydrogen (secondary N) is 1. The normalized spacial score (nSPS) is 10.8. The Balaban J connectivity index is 1.55. The van der Waals surface area contributed by atoms with Crippen LogP contribution in [0.1, 0.15) is 16.3 Å². The van der Waals surface area contributed by atoms with Gasteiger partial charge in [0.15, 0.2) is 5.76 Å². The van der Waals surface area contributed by atoms with Crippen molar-refractivity contribution in [2.45, 2.75) is 17.3 Å². The van der Waals surface area contributed by atoms with Gasteiger partial charge >= 0.3 is 0 Å². The molecule has 0 fully saturated rings. The molecule has 0 bridgehead atoms. The summed E-state index contributed by atoms with van der Waals surface area (Å²) >= 11 is 0.431. The van der Waals surface area contributed by atoms with E-state index in [0.717, 1.165) is 0 Å². The van der Waals surface area contributed by atoms with E-state index in [-0.39, 0.29) is 18.2 Å². The van der Waals surface area contributed by atoms with E-state index in [1.54, 1.807) is 6.07 Å². The number of carbonyl (C=O) groups is 1. The fraction of sp³-hybridized carbons (Fsp3) is 0.105. The Kier molecular flexibility index (Phi) is 6.08. The summed E-state index contributed by atoms with van der Waals surface area (Å²) in [5, 5.41) is 2.62. The van der Waals surface area contributed by atoms with Crippen LogP contribution in [0.3, 0.4) is 0 Å². The molecule has 1 heterocycles. The van der Waals surface area contributed by atoms with Crippen LogP contribution in [-0.4, -0.2) is 11.7 Å². The maximum Gasteiger partial charge on any atom is 0.291 e. The van der Waals surface area contributed by atoms with E-state index in [1.165, 1.54) is 54.6 Å². The minimum atomic E-state index is -2.50. The van der Waals surface area contributed by atoms with Crippen molar-refractivity contribution < 1.29 is 27.1 Å². The molecule has 0 aliphatic rings. The van der Waals surface area contributed by atoms with Crippen molar-refractivity contribution in [2.24, 2.45) is 0 Å². The van der Waals surface area contributed by atoms with Gasteiger partial charge < -0.3 is 14.5 Å². The number of alkyl halides is 2. The first-order valence-corrected chi connectivity index (χ1v) is 8.71. The average Bonchev–Trinajstić information content (AvgIpc) is 3.12. The summed E-state index contributed by atoms with van der Waals surface area (Å²) in [7, 11) is 0. The predicted octanol–water partition coefficient (Wildman–Crippen LogP) is 5.56. The molecule has 2 aromatic carbocycles. The maximum absolute atomic E-state index is 12.8. The third-order valence-corrected chi connectivity index (χ3v) is 4.14. The molecule has 3 aromatic rings. The molecule has 140 valence electrons.